The molecule has 162 valence electrons. The number of oxazole rings is 1. The van der Waals surface area contributed by atoms with Crippen molar-refractivity contribution in [1.29, 1.82) is 0 Å². The van der Waals surface area contributed by atoms with E-state index >= 15 is 0 Å². The first kappa shape index (κ1) is 22.7. The van der Waals surface area contributed by atoms with Gasteiger partial charge in [-0.1, -0.05) is 6.07 Å². The molecule has 0 aromatic carbocycles. The second kappa shape index (κ2) is 9.91. The number of carbonyl (C=O) groups excluding carboxylic acids is 1. The zero-order valence-electron chi connectivity index (χ0n) is 16.3. The van der Waals surface area contributed by atoms with Crippen LogP contribution < -0.4 is 5.32 Å². The highest BCUT2D eigenvalue weighted by atomic mass is 35.5. The number of hydrogen-bond donors (Lipinski definition) is 1. The molecule has 2 aliphatic rings. The normalized spacial score (nSPS) is 16.5. The van der Waals surface area contributed by atoms with E-state index in [4.69, 9.17) is 4.42 Å². The van der Waals surface area contributed by atoms with Crippen LogP contribution in [0.3, 0.4) is 0 Å². The monoisotopic (exact) mass is 470 g/mol. The maximum atomic E-state index is 12.7. The van der Waals surface area contributed by atoms with Gasteiger partial charge in [0.1, 0.15) is 17.9 Å². The molecular weight excluding hydrogens is 447 g/mol. The molecule has 0 bridgehead atoms. The fourth-order valence-electron chi connectivity index (χ4n) is 3.97. The number of thiophene rings is 1. The molecule has 30 heavy (non-hydrogen) atoms. The summed E-state index contributed by atoms with van der Waals surface area (Å²) in [7, 11) is 0. The van der Waals surface area contributed by atoms with Crippen molar-refractivity contribution in [2.75, 3.05) is 19.6 Å². The van der Waals surface area contributed by atoms with Crippen LogP contribution in [0.2, 0.25) is 0 Å². The summed E-state index contributed by atoms with van der Waals surface area (Å²) in [5.41, 5.74) is 0.689. The first-order chi connectivity index (χ1) is 13.8. The van der Waals surface area contributed by atoms with Crippen molar-refractivity contribution in [2.24, 2.45) is 0 Å². The van der Waals surface area contributed by atoms with E-state index in [2.05, 4.69) is 25.1 Å². The van der Waals surface area contributed by atoms with Crippen molar-refractivity contribution in [3.63, 3.8) is 0 Å². The molecule has 1 amide bonds. The average Bonchev–Trinajstić information content (AvgIpc) is 3.48. The molecule has 11 heteroatoms. The molecule has 5 heterocycles. The number of amides is 1. The van der Waals surface area contributed by atoms with Gasteiger partial charge in [0, 0.05) is 32.1 Å². The molecule has 0 spiro atoms. The molecule has 0 atom stereocenters. The van der Waals surface area contributed by atoms with Gasteiger partial charge >= 0.3 is 0 Å². The minimum atomic E-state index is 0. The molecule has 0 unspecified atom stereocenters. The molecule has 8 nitrogen and oxygen atoms in total. The quantitative estimate of drug-likeness (QED) is 0.630. The summed E-state index contributed by atoms with van der Waals surface area (Å²) >= 11 is 1.58. The Labute approximate surface area is 190 Å². The number of fused-ring (bicyclic) bond motifs is 1. The third kappa shape index (κ3) is 4.54. The molecule has 1 saturated heterocycles. The third-order valence-electron chi connectivity index (χ3n) is 5.48. The summed E-state index contributed by atoms with van der Waals surface area (Å²) in [5.74, 6) is 3.17. The molecule has 0 aliphatic carbocycles. The number of likely N-dealkylation sites (tertiary alicyclic amines) is 1. The second-order valence-corrected chi connectivity index (χ2v) is 8.20. The molecule has 1 fully saturated rings. The minimum absolute atomic E-state index is 0. The zero-order chi connectivity index (χ0) is 18.9. The van der Waals surface area contributed by atoms with Crippen LogP contribution >= 0.6 is 36.2 Å². The Balaban J connectivity index is 0.00000128. The zero-order valence-corrected chi connectivity index (χ0v) is 18.8. The van der Waals surface area contributed by atoms with Gasteiger partial charge in [-0.3, -0.25) is 4.79 Å². The van der Waals surface area contributed by atoms with Crippen molar-refractivity contribution in [3.8, 4) is 10.8 Å². The largest absolute Gasteiger partial charge is 0.444 e. The summed E-state index contributed by atoms with van der Waals surface area (Å²) in [6.45, 7) is 4.17. The van der Waals surface area contributed by atoms with Crippen molar-refractivity contribution < 1.29 is 9.21 Å². The first-order valence-corrected chi connectivity index (χ1v) is 10.5. The van der Waals surface area contributed by atoms with Gasteiger partial charge in [-0.15, -0.1) is 46.3 Å². The Morgan fingerprint density at radius 1 is 1.23 bits per heavy atom. The number of nitrogens with one attached hydrogen (secondary N) is 1. The SMILES string of the molecule is Cl.Cl.O=C(Cc1coc(-c2cccs2)n1)N1CCC(c2nnc3n2CCNC3)CC1. The number of aromatic nitrogens is 4. The second-order valence-electron chi connectivity index (χ2n) is 7.26. The highest BCUT2D eigenvalue weighted by molar-refractivity contribution is 7.13. The van der Waals surface area contributed by atoms with Gasteiger partial charge in [0.05, 0.1) is 23.5 Å². The van der Waals surface area contributed by atoms with E-state index in [0.717, 1.165) is 62.1 Å². The Hall–Kier alpha value is -1.94. The third-order valence-corrected chi connectivity index (χ3v) is 6.34. The van der Waals surface area contributed by atoms with Gasteiger partial charge in [0.15, 0.2) is 0 Å². The summed E-state index contributed by atoms with van der Waals surface area (Å²) in [6, 6.07) is 3.92. The Morgan fingerprint density at radius 3 is 2.83 bits per heavy atom. The number of carbonyl (C=O) groups is 1. The fraction of sp³-hybridized carbons (Fsp3) is 0.474. The standard InChI is InChI=1S/C19H22N6O2S.2ClH/c26-17(10-14-12-27-19(21-14)15-2-1-9-28-15)24-6-3-13(4-7-24)18-23-22-16-11-20-5-8-25(16)18;;/h1-2,9,12-13,20H,3-8,10-11H2;2*1H. The highest BCUT2D eigenvalue weighted by Crippen LogP contribution is 2.28. The fourth-order valence-corrected chi connectivity index (χ4v) is 4.63. The molecule has 5 rings (SSSR count). The van der Waals surface area contributed by atoms with E-state index in [1.165, 1.54) is 0 Å². The van der Waals surface area contributed by atoms with E-state index in [-0.39, 0.29) is 37.1 Å². The van der Waals surface area contributed by atoms with E-state index in [1.807, 2.05) is 22.4 Å². The predicted octanol–water partition coefficient (Wildman–Crippen LogP) is 2.89. The maximum absolute atomic E-state index is 12.7. The van der Waals surface area contributed by atoms with Gasteiger partial charge in [-0.2, -0.15) is 0 Å². The van der Waals surface area contributed by atoms with E-state index in [1.54, 1.807) is 17.6 Å². The van der Waals surface area contributed by atoms with Crippen LogP contribution in [0, 0.1) is 0 Å². The molecule has 2 aliphatic heterocycles. The lowest BCUT2D eigenvalue weighted by atomic mass is 9.95. The molecule has 0 radical (unpaired) electrons. The minimum Gasteiger partial charge on any atom is -0.444 e. The Kier molecular flexibility index (Phi) is 7.51. The summed E-state index contributed by atoms with van der Waals surface area (Å²) in [5, 5.41) is 14.1. The highest BCUT2D eigenvalue weighted by Gasteiger charge is 2.29. The number of rotatable bonds is 4. The van der Waals surface area contributed by atoms with Crippen molar-refractivity contribution in [3.05, 3.63) is 41.1 Å². The summed E-state index contributed by atoms with van der Waals surface area (Å²) < 4.78 is 7.77. The Bertz CT molecular complexity index is 966. The number of piperidine rings is 1. The number of halogens is 2. The maximum Gasteiger partial charge on any atom is 0.236 e. The van der Waals surface area contributed by atoms with Crippen molar-refractivity contribution in [1.82, 2.24) is 30.0 Å². The Morgan fingerprint density at radius 2 is 2.07 bits per heavy atom. The molecular formula is C19H24Cl2N6O2S. The lowest BCUT2D eigenvalue weighted by Gasteiger charge is -2.32. The van der Waals surface area contributed by atoms with Gasteiger partial charge < -0.3 is 19.2 Å². The predicted molar refractivity (Wildman–Crippen MR) is 118 cm³/mol. The van der Waals surface area contributed by atoms with Crippen LogP contribution in [-0.4, -0.2) is 50.2 Å². The lowest BCUT2D eigenvalue weighted by Crippen LogP contribution is -2.39. The lowest BCUT2D eigenvalue weighted by molar-refractivity contribution is -0.131. The molecule has 3 aromatic heterocycles. The number of nitrogens with zero attached hydrogens (tertiary/aromatic N) is 5. The molecule has 0 saturated carbocycles. The van der Waals surface area contributed by atoms with Crippen molar-refractivity contribution >= 4 is 42.1 Å². The number of hydrogen-bond acceptors (Lipinski definition) is 7. The van der Waals surface area contributed by atoms with Gasteiger partial charge in [-0.05, 0) is 24.3 Å². The topological polar surface area (TPSA) is 89.1 Å². The van der Waals surface area contributed by atoms with Gasteiger partial charge in [0.25, 0.3) is 0 Å². The van der Waals surface area contributed by atoms with Crippen LogP contribution in [0.5, 0.6) is 0 Å². The smallest absolute Gasteiger partial charge is 0.236 e. The van der Waals surface area contributed by atoms with Crippen LogP contribution in [0.15, 0.2) is 28.2 Å². The van der Waals surface area contributed by atoms with Crippen LogP contribution in [0.4, 0.5) is 0 Å². The summed E-state index contributed by atoms with van der Waals surface area (Å²) in [4.78, 5) is 20.1. The van der Waals surface area contributed by atoms with Crippen LogP contribution in [0.25, 0.3) is 10.8 Å². The van der Waals surface area contributed by atoms with Crippen molar-refractivity contribution in [2.45, 2.75) is 38.3 Å². The molecule has 1 N–H and O–H groups in total. The van der Waals surface area contributed by atoms with Crippen LogP contribution in [0.1, 0.15) is 36.1 Å². The van der Waals surface area contributed by atoms with Crippen LogP contribution in [-0.2, 0) is 24.3 Å². The van der Waals surface area contributed by atoms with E-state index in [0.29, 0.717) is 17.5 Å². The average molecular weight is 471 g/mol. The first-order valence-electron chi connectivity index (χ1n) is 9.66. The summed E-state index contributed by atoms with van der Waals surface area (Å²) in [6.07, 6.45) is 3.73. The van der Waals surface area contributed by atoms with E-state index < -0.39 is 0 Å². The van der Waals surface area contributed by atoms with E-state index in [9.17, 15) is 4.79 Å². The van der Waals surface area contributed by atoms with Gasteiger partial charge in [0.2, 0.25) is 11.8 Å². The van der Waals surface area contributed by atoms with Gasteiger partial charge in [-0.25, -0.2) is 4.98 Å². The molecule has 3 aromatic rings.